The van der Waals surface area contributed by atoms with Gasteiger partial charge in [0.25, 0.3) is 0 Å². The highest BCUT2D eigenvalue weighted by Gasteiger charge is 2.35. The number of likely N-dealkylation sites (tertiary alicyclic amines) is 1. The Balaban J connectivity index is 1.81. The van der Waals surface area contributed by atoms with E-state index in [0.29, 0.717) is 11.6 Å². The Hall–Kier alpha value is -0.120. The van der Waals surface area contributed by atoms with Gasteiger partial charge in [0.1, 0.15) is 0 Å². The average Bonchev–Trinajstić information content (AvgIpc) is 2.59. The van der Waals surface area contributed by atoms with Crippen LogP contribution in [-0.2, 0) is 4.74 Å². The average molecular weight is 212 g/mol. The molecule has 2 aliphatic heterocycles. The maximum Gasteiger partial charge on any atom is 0.0595 e. The molecule has 3 nitrogen and oxygen atoms in total. The van der Waals surface area contributed by atoms with Crippen molar-refractivity contribution in [3.8, 4) is 0 Å². The van der Waals surface area contributed by atoms with Crippen molar-refractivity contribution in [2.75, 3.05) is 26.7 Å². The minimum Gasteiger partial charge on any atom is -0.381 e. The summed E-state index contributed by atoms with van der Waals surface area (Å²) in [4.78, 5) is 2.64. The summed E-state index contributed by atoms with van der Waals surface area (Å²) in [5.74, 6) is 0. The summed E-state index contributed by atoms with van der Waals surface area (Å²) in [6, 6.07) is 0.748. The Bertz CT molecular complexity index is 210. The van der Waals surface area contributed by atoms with Gasteiger partial charge in [-0.3, -0.25) is 4.90 Å². The minimum atomic E-state index is 0.336. The second-order valence-corrected chi connectivity index (χ2v) is 5.59. The molecule has 0 aliphatic carbocycles. The fourth-order valence-electron chi connectivity index (χ4n) is 2.86. The third kappa shape index (κ3) is 2.71. The van der Waals surface area contributed by atoms with Gasteiger partial charge >= 0.3 is 0 Å². The topological polar surface area (TPSA) is 24.5 Å². The molecule has 2 aliphatic rings. The van der Waals surface area contributed by atoms with Crippen molar-refractivity contribution in [1.29, 1.82) is 0 Å². The van der Waals surface area contributed by atoms with E-state index in [-0.39, 0.29) is 0 Å². The highest BCUT2D eigenvalue weighted by atomic mass is 16.5. The third-order valence-electron chi connectivity index (χ3n) is 3.89. The molecule has 88 valence electrons. The lowest BCUT2D eigenvalue weighted by Crippen LogP contribution is -2.44. The van der Waals surface area contributed by atoms with Gasteiger partial charge in [0.2, 0.25) is 0 Å². The zero-order valence-electron chi connectivity index (χ0n) is 10.3. The maximum absolute atomic E-state index is 5.40. The van der Waals surface area contributed by atoms with E-state index in [1.165, 1.54) is 32.4 Å². The third-order valence-corrected chi connectivity index (χ3v) is 3.89. The van der Waals surface area contributed by atoms with Crippen molar-refractivity contribution in [1.82, 2.24) is 10.2 Å². The molecule has 0 aromatic rings. The van der Waals surface area contributed by atoms with Gasteiger partial charge in [-0.2, -0.15) is 0 Å². The van der Waals surface area contributed by atoms with Crippen LogP contribution in [0.3, 0.4) is 0 Å². The molecule has 0 spiro atoms. The predicted molar refractivity (Wildman–Crippen MR) is 62.1 cm³/mol. The molecule has 0 radical (unpaired) electrons. The van der Waals surface area contributed by atoms with Crippen LogP contribution >= 0.6 is 0 Å². The van der Waals surface area contributed by atoms with Gasteiger partial charge < -0.3 is 10.1 Å². The normalized spacial score (nSPS) is 33.4. The van der Waals surface area contributed by atoms with Crippen LogP contribution in [-0.4, -0.2) is 49.3 Å². The van der Waals surface area contributed by atoms with Crippen molar-refractivity contribution >= 4 is 0 Å². The number of methoxy groups -OCH3 is 1. The molecule has 2 rings (SSSR count). The first-order valence-electron chi connectivity index (χ1n) is 6.12. The van der Waals surface area contributed by atoms with Crippen LogP contribution in [0.2, 0.25) is 0 Å². The number of ether oxygens (including phenoxy) is 1. The molecular weight excluding hydrogens is 188 g/mol. The summed E-state index contributed by atoms with van der Waals surface area (Å²) in [6.45, 7) is 8.18. The Kier molecular flexibility index (Phi) is 3.33. The molecule has 1 N–H and O–H groups in total. The maximum atomic E-state index is 5.40. The van der Waals surface area contributed by atoms with E-state index in [2.05, 4.69) is 24.1 Å². The summed E-state index contributed by atoms with van der Waals surface area (Å²) < 4.78 is 5.40. The number of rotatable bonds is 2. The molecule has 2 saturated heterocycles. The smallest absolute Gasteiger partial charge is 0.0595 e. The highest BCUT2D eigenvalue weighted by molar-refractivity contribution is 4.95. The Morgan fingerprint density at radius 1 is 1.27 bits per heavy atom. The second-order valence-electron chi connectivity index (χ2n) is 5.59. The monoisotopic (exact) mass is 212 g/mol. The van der Waals surface area contributed by atoms with Crippen molar-refractivity contribution in [2.45, 2.75) is 50.8 Å². The summed E-state index contributed by atoms with van der Waals surface area (Å²) in [5.41, 5.74) is 0.336. The number of hydrogen-bond donors (Lipinski definition) is 1. The first-order chi connectivity index (χ1) is 7.11. The van der Waals surface area contributed by atoms with Crippen molar-refractivity contribution in [3.63, 3.8) is 0 Å². The van der Waals surface area contributed by atoms with Gasteiger partial charge in [0.15, 0.2) is 0 Å². The van der Waals surface area contributed by atoms with Gasteiger partial charge in [-0.05, 0) is 33.1 Å². The van der Waals surface area contributed by atoms with Gasteiger partial charge in [-0.25, -0.2) is 0 Å². The molecule has 0 amide bonds. The molecule has 1 atom stereocenters. The van der Waals surface area contributed by atoms with Gasteiger partial charge in [0.05, 0.1) is 6.10 Å². The zero-order chi connectivity index (χ0) is 10.9. The minimum absolute atomic E-state index is 0.336. The largest absolute Gasteiger partial charge is 0.381 e. The lowest BCUT2D eigenvalue weighted by molar-refractivity contribution is 0.0292. The second kappa shape index (κ2) is 4.40. The fraction of sp³-hybridized carbons (Fsp3) is 1.00. The predicted octanol–water partition coefficient (Wildman–Crippen LogP) is 1.24. The van der Waals surface area contributed by atoms with E-state index in [4.69, 9.17) is 4.74 Å². The molecular formula is C12H24N2O. The molecule has 2 heterocycles. The summed E-state index contributed by atoms with van der Waals surface area (Å²) in [5, 5.41) is 3.60. The summed E-state index contributed by atoms with van der Waals surface area (Å²) in [6.07, 6.45) is 4.19. The first kappa shape index (κ1) is 11.4. The number of nitrogens with one attached hydrogen (secondary N) is 1. The van der Waals surface area contributed by atoms with Gasteiger partial charge in [-0.1, -0.05) is 0 Å². The van der Waals surface area contributed by atoms with E-state index in [1.807, 2.05) is 7.11 Å². The first-order valence-corrected chi connectivity index (χ1v) is 6.12. The summed E-state index contributed by atoms with van der Waals surface area (Å²) in [7, 11) is 1.83. The standard InChI is InChI=1S/C12H24N2O/c1-12(2)8-10(9-13-12)14-6-4-11(15-3)5-7-14/h10-11,13H,4-9H2,1-3H3. The van der Waals surface area contributed by atoms with Crippen molar-refractivity contribution in [3.05, 3.63) is 0 Å². The number of hydrogen-bond acceptors (Lipinski definition) is 3. The molecule has 1 unspecified atom stereocenters. The highest BCUT2D eigenvalue weighted by Crippen LogP contribution is 2.25. The van der Waals surface area contributed by atoms with E-state index < -0.39 is 0 Å². The SMILES string of the molecule is COC1CCN(C2CNC(C)(C)C2)CC1. The Labute approximate surface area is 93.2 Å². The molecule has 0 aromatic heterocycles. The van der Waals surface area contributed by atoms with Crippen LogP contribution < -0.4 is 5.32 Å². The fourth-order valence-corrected chi connectivity index (χ4v) is 2.86. The van der Waals surface area contributed by atoms with E-state index >= 15 is 0 Å². The van der Waals surface area contributed by atoms with E-state index in [9.17, 15) is 0 Å². The van der Waals surface area contributed by atoms with Crippen LogP contribution in [0.5, 0.6) is 0 Å². The number of piperidine rings is 1. The molecule has 2 fully saturated rings. The van der Waals surface area contributed by atoms with Crippen molar-refractivity contribution in [2.24, 2.45) is 0 Å². The Morgan fingerprint density at radius 2 is 1.93 bits per heavy atom. The van der Waals surface area contributed by atoms with Crippen LogP contribution in [0.4, 0.5) is 0 Å². The molecule has 0 aromatic carbocycles. The van der Waals surface area contributed by atoms with Crippen molar-refractivity contribution < 1.29 is 4.74 Å². The quantitative estimate of drug-likeness (QED) is 0.745. The molecule has 15 heavy (non-hydrogen) atoms. The van der Waals surface area contributed by atoms with E-state index in [1.54, 1.807) is 0 Å². The van der Waals surface area contributed by atoms with Crippen LogP contribution in [0.15, 0.2) is 0 Å². The Morgan fingerprint density at radius 3 is 2.40 bits per heavy atom. The molecule has 0 bridgehead atoms. The van der Waals surface area contributed by atoms with Crippen LogP contribution in [0, 0.1) is 0 Å². The molecule has 0 saturated carbocycles. The van der Waals surface area contributed by atoms with Gasteiger partial charge in [0, 0.05) is 38.3 Å². The van der Waals surface area contributed by atoms with Crippen LogP contribution in [0.25, 0.3) is 0 Å². The van der Waals surface area contributed by atoms with E-state index in [0.717, 1.165) is 12.6 Å². The summed E-state index contributed by atoms with van der Waals surface area (Å²) >= 11 is 0. The number of nitrogens with zero attached hydrogens (tertiary/aromatic N) is 1. The molecule has 3 heteroatoms. The zero-order valence-corrected chi connectivity index (χ0v) is 10.3. The van der Waals surface area contributed by atoms with Gasteiger partial charge in [-0.15, -0.1) is 0 Å². The lowest BCUT2D eigenvalue weighted by Gasteiger charge is -2.35. The van der Waals surface area contributed by atoms with Crippen LogP contribution in [0.1, 0.15) is 33.1 Å². The lowest BCUT2D eigenvalue weighted by atomic mass is 9.98.